The van der Waals surface area contributed by atoms with Crippen LogP contribution in [0.3, 0.4) is 0 Å². The summed E-state index contributed by atoms with van der Waals surface area (Å²) in [5.74, 6) is -1.97. The summed E-state index contributed by atoms with van der Waals surface area (Å²) >= 11 is 0. The predicted molar refractivity (Wildman–Crippen MR) is 154 cm³/mol. The summed E-state index contributed by atoms with van der Waals surface area (Å²) in [4.78, 5) is 53.6. The van der Waals surface area contributed by atoms with Crippen LogP contribution in [0, 0.1) is 0 Å². The zero-order chi connectivity index (χ0) is 30.0. The van der Waals surface area contributed by atoms with Crippen molar-refractivity contribution in [3.63, 3.8) is 0 Å². The number of fused-ring (bicyclic) bond motifs is 3. The Morgan fingerprint density at radius 1 is 1.00 bits per heavy atom. The number of hydrogen-bond acceptors (Lipinski definition) is 8. The molecule has 2 saturated heterocycles. The van der Waals surface area contributed by atoms with Gasteiger partial charge in [0.1, 0.15) is 18.2 Å². The second kappa shape index (κ2) is 12.1. The fourth-order valence-corrected chi connectivity index (χ4v) is 6.04. The number of carboxylic acids is 1. The number of likely N-dealkylation sites (tertiary alicyclic amines) is 1. The van der Waals surface area contributed by atoms with Crippen molar-refractivity contribution in [1.29, 1.82) is 0 Å². The fraction of sp³-hybridized carbons (Fsp3) is 0.484. The van der Waals surface area contributed by atoms with Gasteiger partial charge in [0.2, 0.25) is 5.91 Å². The number of esters is 1. The Hall–Kier alpha value is -3.96. The van der Waals surface area contributed by atoms with Crippen LogP contribution in [0.5, 0.6) is 0 Å². The maximum absolute atomic E-state index is 13.2. The van der Waals surface area contributed by atoms with Crippen LogP contribution in [0.15, 0.2) is 48.5 Å². The first-order valence-corrected chi connectivity index (χ1v) is 14.3. The lowest BCUT2D eigenvalue weighted by molar-refractivity contribution is -0.156. The van der Waals surface area contributed by atoms with Crippen LogP contribution in [0.1, 0.15) is 44.2 Å². The molecule has 1 aliphatic carbocycles. The molecule has 0 aromatic heterocycles. The van der Waals surface area contributed by atoms with Crippen LogP contribution in [-0.2, 0) is 23.9 Å². The van der Waals surface area contributed by atoms with Crippen LogP contribution in [0.2, 0.25) is 0 Å². The van der Waals surface area contributed by atoms with E-state index >= 15 is 0 Å². The zero-order valence-electron chi connectivity index (χ0n) is 24.2. The Labute approximate surface area is 245 Å². The van der Waals surface area contributed by atoms with E-state index in [1.165, 1.54) is 4.90 Å². The van der Waals surface area contributed by atoms with Crippen molar-refractivity contribution >= 4 is 23.9 Å². The molecule has 2 amide bonds. The quantitative estimate of drug-likeness (QED) is 0.422. The van der Waals surface area contributed by atoms with Gasteiger partial charge in [0.05, 0.1) is 12.6 Å². The minimum absolute atomic E-state index is 0.0216. The van der Waals surface area contributed by atoms with Gasteiger partial charge in [-0.3, -0.25) is 19.4 Å². The number of piperazine rings is 1. The lowest BCUT2D eigenvalue weighted by Crippen LogP contribution is -2.59. The number of benzene rings is 2. The highest BCUT2D eigenvalue weighted by atomic mass is 16.6. The third-order valence-corrected chi connectivity index (χ3v) is 7.85. The highest BCUT2D eigenvalue weighted by molar-refractivity contribution is 5.84. The molecule has 3 atom stereocenters. The molecule has 11 heteroatoms. The Morgan fingerprint density at radius 3 is 2.26 bits per heavy atom. The maximum atomic E-state index is 13.2. The molecule has 0 spiro atoms. The summed E-state index contributed by atoms with van der Waals surface area (Å²) in [6.07, 6.45) is -0.653. The molecule has 3 N–H and O–H groups in total. The van der Waals surface area contributed by atoms with Gasteiger partial charge < -0.3 is 25.2 Å². The molecule has 224 valence electrons. The van der Waals surface area contributed by atoms with Crippen molar-refractivity contribution in [2.24, 2.45) is 0 Å². The third kappa shape index (κ3) is 6.57. The molecule has 5 rings (SSSR count). The monoisotopic (exact) mass is 578 g/mol. The van der Waals surface area contributed by atoms with Crippen LogP contribution < -0.4 is 10.6 Å². The minimum Gasteiger partial charge on any atom is -0.480 e. The fourth-order valence-electron chi connectivity index (χ4n) is 6.04. The van der Waals surface area contributed by atoms with E-state index in [0.717, 1.165) is 22.3 Å². The van der Waals surface area contributed by atoms with E-state index in [2.05, 4.69) is 10.6 Å². The molecule has 0 saturated carbocycles. The molecule has 1 unspecified atom stereocenters. The van der Waals surface area contributed by atoms with Gasteiger partial charge in [0.25, 0.3) is 0 Å². The predicted octanol–water partition coefficient (Wildman–Crippen LogP) is 2.19. The highest BCUT2D eigenvalue weighted by Crippen LogP contribution is 2.44. The van der Waals surface area contributed by atoms with E-state index in [1.807, 2.05) is 53.4 Å². The normalized spacial score (nSPS) is 22.3. The molecule has 0 radical (unpaired) electrons. The van der Waals surface area contributed by atoms with E-state index in [0.29, 0.717) is 19.6 Å². The Bertz CT molecular complexity index is 1310. The van der Waals surface area contributed by atoms with Gasteiger partial charge in [-0.1, -0.05) is 48.5 Å². The summed E-state index contributed by atoms with van der Waals surface area (Å²) in [6.45, 7) is 6.97. The van der Waals surface area contributed by atoms with E-state index in [9.17, 15) is 24.3 Å². The SMILES string of the molecule is CC(C)(C)OC(=O)CN1CCNC(C(=O)N[C@@H]2C[C@@H](C(=O)O)N(C(=O)OCC3c4ccccc4-c4ccccc43)C2)C1. The van der Waals surface area contributed by atoms with Crippen molar-refractivity contribution in [3.05, 3.63) is 59.7 Å². The van der Waals surface area contributed by atoms with Crippen molar-refractivity contribution < 1.29 is 33.8 Å². The Balaban J connectivity index is 1.17. The molecule has 2 aromatic rings. The number of carbonyl (C=O) groups is 4. The van der Waals surface area contributed by atoms with E-state index < -0.39 is 35.8 Å². The van der Waals surface area contributed by atoms with Gasteiger partial charge in [-0.15, -0.1) is 0 Å². The average Bonchev–Trinajstić information content (AvgIpc) is 3.50. The number of hydrogen-bond donors (Lipinski definition) is 3. The van der Waals surface area contributed by atoms with Gasteiger partial charge in [-0.25, -0.2) is 9.59 Å². The van der Waals surface area contributed by atoms with Crippen molar-refractivity contribution in [1.82, 2.24) is 20.4 Å². The number of nitrogens with zero attached hydrogens (tertiary/aromatic N) is 2. The summed E-state index contributed by atoms with van der Waals surface area (Å²) < 4.78 is 11.1. The van der Waals surface area contributed by atoms with Crippen LogP contribution in [-0.4, -0.2) is 102 Å². The molecule has 2 aromatic carbocycles. The molecule has 2 aliphatic heterocycles. The maximum Gasteiger partial charge on any atom is 0.410 e. The molecular formula is C31H38N4O7. The highest BCUT2D eigenvalue weighted by Gasteiger charge is 2.42. The van der Waals surface area contributed by atoms with Crippen molar-refractivity contribution in [2.45, 2.75) is 56.8 Å². The number of carboxylic acid groups (broad SMARTS) is 1. The molecule has 2 fully saturated rings. The minimum atomic E-state index is -1.15. The number of amides is 2. The average molecular weight is 579 g/mol. The molecule has 42 heavy (non-hydrogen) atoms. The number of ether oxygens (including phenoxy) is 2. The van der Waals surface area contributed by atoms with E-state index in [1.54, 1.807) is 20.8 Å². The Kier molecular flexibility index (Phi) is 8.51. The summed E-state index contributed by atoms with van der Waals surface area (Å²) in [5.41, 5.74) is 3.73. The Morgan fingerprint density at radius 2 is 1.64 bits per heavy atom. The second-order valence-electron chi connectivity index (χ2n) is 12.1. The van der Waals surface area contributed by atoms with Gasteiger partial charge in [-0.2, -0.15) is 0 Å². The summed E-state index contributed by atoms with van der Waals surface area (Å²) in [5, 5.41) is 15.9. The zero-order valence-corrected chi connectivity index (χ0v) is 24.2. The van der Waals surface area contributed by atoms with Gasteiger partial charge in [0.15, 0.2) is 0 Å². The van der Waals surface area contributed by atoms with E-state index in [4.69, 9.17) is 9.47 Å². The third-order valence-electron chi connectivity index (χ3n) is 7.85. The van der Waals surface area contributed by atoms with Gasteiger partial charge in [-0.05, 0) is 43.0 Å². The number of nitrogens with one attached hydrogen (secondary N) is 2. The van der Waals surface area contributed by atoms with Crippen molar-refractivity contribution in [2.75, 3.05) is 39.3 Å². The first-order valence-electron chi connectivity index (χ1n) is 14.3. The smallest absolute Gasteiger partial charge is 0.410 e. The molecule has 0 bridgehead atoms. The number of aliphatic carboxylic acids is 1. The van der Waals surface area contributed by atoms with Gasteiger partial charge in [0, 0.05) is 44.6 Å². The summed E-state index contributed by atoms with van der Waals surface area (Å²) in [6, 6.07) is 13.7. The molecular weight excluding hydrogens is 540 g/mol. The first-order chi connectivity index (χ1) is 20.0. The topological polar surface area (TPSA) is 138 Å². The van der Waals surface area contributed by atoms with Crippen molar-refractivity contribution in [3.8, 4) is 11.1 Å². The van der Waals surface area contributed by atoms with Crippen LogP contribution in [0.4, 0.5) is 4.79 Å². The van der Waals surface area contributed by atoms with Crippen LogP contribution >= 0.6 is 0 Å². The van der Waals surface area contributed by atoms with E-state index in [-0.39, 0.29) is 43.9 Å². The number of rotatable bonds is 7. The van der Waals surface area contributed by atoms with Gasteiger partial charge >= 0.3 is 18.0 Å². The lowest BCUT2D eigenvalue weighted by atomic mass is 9.98. The number of carbonyl (C=O) groups excluding carboxylic acids is 3. The standard InChI is InChI=1S/C31H38N4O7/c1-31(2,3)42-27(36)17-34-13-12-32-25(16-34)28(37)33-19-14-26(29(38)39)35(15-19)30(40)41-18-24-22-10-6-4-8-20(22)21-9-5-7-11-23(21)24/h4-11,19,24-26,32H,12-18H2,1-3H3,(H,33,37)(H,38,39)/t19-,25?,26+/m1/s1. The molecule has 3 aliphatic rings. The first kappa shape index (κ1) is 29.5. The molecule has 11 nitrogen and oxygen atoms in total. The second-order valence-corrected chi connectivity index (χ2v) is 12.1. The largest absolute Gasteiger partial charge is 0.480 e. The molecule has 2 heterocycles. The lowest BCUT2D eigenvalue weighted by Gasteiger charge is -2.33. The van der Waals surface area contributed by atoms with Crippen LogP contribution in [0.25, 0.3) is 11.1 Å². The summed E-state index contributed by atoms with van der Waals surface area (Å²) in [7, 11) is 0.